The molecule has 138 valence electrons. The number of anilines is 1. The first-order chi connectivity index (χ1) is 12.9. The number of rotatable bonds is 4. The zero-order chi connectivity index (χ0) is 19.6. The molecule has 1 aliphatic heterocycles. The van der Waals surface area contributed by atoms with E-state index in [1.54, 1.807) is 6.07 Å². The van der Waals surface area contributed by atoms with E-state index in [4.69, 9.17) is 0 Å². The van der Waals surface area contributed by atoms with Gasteiger partial charge < -0.3 is 16.0 Å². The summed E-state index contributed by atoms with van der Waals surface area (Å²) in [6.07, 6.45) is 0. The number of halogens is 1. The van der Waals surface area contributed by atoms with Crippen molar-refractivity contribution in [1.29, 1.82) is 0 Å². The molecule has 0 bridgehead atoms. The van der Waals surface area contributed by atoms with Gasteiger partial charge in [0.15, 0.2) is 0 Å². The van der Waals surface area contributed by atoms with Gasteiger partial charge in [0, 0.05) is 29.1 Å². The van der Waals surface area contributed by atoms with E-state index in [1.807, 2.05) is 0 Å². The van der Waals surface area contributed by atoms with Crippen LogP contribution < -0.4 is 16.0 Å². The Morgan fingerprint density at radius 1 is 1.19 bits per heavy atom. The minimum atomic E-state index is -0.974. The lowest BCUT2D eigenvalue weighted by Gasteiger charge is -2.28. The molecule has 1 unspecified atom stereocenters. The molecule has 0 aromatic heterocycles. The van der Waals surface area contributed by atoms with Crippen LogP contribution in [0.25, 0.3) is 0 Å². The predicted molar refractivity (Wildman–Crippen MR) is 95.2 cm³/mol. The molecular weight excluding hydrogens is 355 g/mol. The summed E-state index contributed by atoms with van der Waals surface area (Å²) in [7, 11) is 0. The van der Waals surface area contributed by atoms with E-state index in [2.05, 4.69) is 16.0 Å². The second-order valence-electron chi connectivity index (χ2n) is 5.85. The second-order valence-corrected chi connectivity index (χ2v) is 5.85. The van der Waals surface area contributed by atoms with Gasteiger partial charge in [0.05, 0.1) is 16.5 Å². The summed E-state index contributed by atoms with van der Waals surface area (Å²) < 4.78 is 14.2. The third kappa shape index (κ3) is 3.76. The largest absolute Gasteiger partial charge is 0.327 e. The van der Waals surface area contributed by atoms with Crippen molar-refractivity contribution >= 4 is 23.3 Å². The lowest BCUT2D eigenvalue weighted by Crippen LogP contribution is -2.46. The highest BCUT2D eigenvalue weighted by molar-refractivity contribution is 6.06. The normalized spacial score (nSPS) is 16.4. The standard InChI is InChI=1S/C18H15FN4O4/c1-10-15(17(24)21-11-6-8-12(9-7-11)23(26)27)16(22-18(25)20-10)13-4-2-3-5-14(13)19/h2-9,16H,1H3,(H,21,24)(H2,20,22,25). The van der Waals surface area contributed by atoms with E-state index in [9.17, 15) is 24.1 Å². The summed E-state index contributed by atoms with van der Waals surface area (Å²) in [6.45, 7) is 1.54. The van der Waals surface area contributed by atoms with Crippen LogP contribution in [0.4, 0.5) is 20.6 Å². The van der Waals surface area contributed by atoms with Crippen LogP contribution in [0.2, 0.25) is 0 Å². The highest BCUT2D eigenvalue weighted by Gasteiger charge is 2.32. The van der Waals surface area contributed by atoms with Crippen molar-refractivity contribution in [3.8, 4) is 0 Å². The quantitative estimate of drug-likeness (QED) is 0.567. The van der Waals surface area contributed by atoms with Gasteiger partial charge in [0.25, 0.3) is 11.6 Å². The molecule has 0 aliphatic carbocycles. The molecule has 2 aromatic rings. The first kappa shape index (κ1) is 18.1. The van der Waals surface area contributed by atoms with Crippen molar-refractivity contribution in [2.75, 3.05) is 5.32 Å². The molecule has 8 nitrogen and oxygen atoms in total. The summed E-state index contributed by atoms with van der Waals surface area (Å²) in [5.41, 5.74) is 0.791. The number of nitro groups is 1. The lowest BCUT2D eigenvalue weighted by molar-refractivity contribution is -0.384. The third-order valence-electron chi connectivity index (χ3n) is 4.07. The molecule has 3 N–H and O–H groups in total. The summed E-state index contributed by atoms with van der Waals surface area (Å²) >= 11 is 0. The first-order valence-corrected chi connectivity index (χ1v) is 7.95. The maximum absolute atomic E-state index is 14.2. The van der Waals surface area contributed by atoms with E-state index < -0.39 is 28.7 Å². The number of benzene rings is 2. The first-order valence-electron chi connectivity index (χ1n) is 7.95. The molecule has 0 fully saturated rings. The molecule has 9 heteroatoms. The van der Waals surface area contributed by atoms with Gasteiger partial charge in [-0.15, -0.1) is 0 Å². The smallest absolute Gasteiger partial charge is 0.319 e. The Bertz CT molecular complexity index is 956. The highest BCUT2D eigenvalue weighted by atomic mass is 19.1. The van der Waals surface area contributed by atoms with Crippen molar-refractivity contribution in [3.63, 3.8) is 0 Å². The van der Waals surface area contributed by atoms with Crippen molar-refractivity contribution in [2.45, 2.75) is 13.0 Å². The molecular formula is C18H15FN4O4. The Morgan fingerprint density at radius 2 is 1.85 bits per heavy atom. The van der Waals surface area contributed by atoms with E-state index in [1.165, 1.54) is 49.4 Å². The fourth-order valence-corrected chi connectivity index (χ4v) is 2.80. The predicted octanol–water partition coefficient (Wildman–Crippen LogP) is 3.00. The Hall–Kier alpha value is -3.75. The maximum Gasteiger partial charge on any atom is 0.319 e. The van der Waals surface area contributed by atoms with Gasteiger partial charge in [0.1, 0.15) is 5.82 Å². The second kappa shape index (κ2) is 7.24. The van der Waals surface area contributed by atoms with Crippen LogP contribution in [-0.4, -0.2) is 16.9 Å². The molecule has 0 saturated carbocycles. The van der Waals surface area contributed by atoms with Gasteiger partial charge in [-0.05, 0) is 25.1 Å². The van der Waals surface area contributed by atoms with E-state index in [0.717, 1.165) is 0 Å². The molecule has 0 saturated heterocycles. The highest BCUT2D eigenvalue weighted by Crippen LogP contribution is 2.29. The fraction of sp³-hybridized carbons (Fsp3) is 0.111. The number of allylic oxidation sites excluding steroid dienone is 1. The summed E-state index contributed by atoms with van der Waals surface area (Å²) in [5, 5.41) is 18.4. The fourth-order valence-electron chi connectivity index (χ4n) is 2.80. The minimum absolute atomic E-state index is 0.112. The molecule has 0 radical (unpaired) electrons. The van der Waals surface area contributed by atoms with Crippen molar-refractivity contribution < 1.29 is 18.9 Å². The van der Waals surface area contributed by atoms with Gasteiger partial charge >= 0.3 is 6.03 Å². The molecule has 1 heterocycles. The molecule has 3 amide bonds. The van der Waals surface area contributed by atoms with Crippen molar-refractivity contribution in [1.82, 2.24) is 10.6 Å². The van der Waals surface area contributed by atoms with Crippen LogP contribution in [0.15, 0.2) is 59.8 Å². The van der Waals surface area contributed by atoms with Crippen LogP contribution >= 0.6 is 0 Å². The van der Waals surface area contributed by atoms with Gasteiger partial charge in [-0.25, -0.2) is 9.18 Å². The van der Waals surface area contributed by atoms with Crippen LogP contribution in [0, 0.1) is 15.9 Å². The van der Waals surface area contributed by atoms with Crippen LogP contribution in [0.1, 0.15) is 18.5 Å². The van der Waals surface area contributed by atoms with Gasteiger partial charge in [-0.3, -0.25) is 14.9 Å². The number of nitrogens with one attached hydrogen (secondary N) is 3. The molecule has 1 aliphatic rings. The Balaban J connectivity index is 1.92. The molecule has 27 heavy (non-hydrogen) atoms. The van der Waals surface area contributed by atoms with E-state index in [0.29, 0.717) is 5.69 Å². The maximum atomic E-state index is 14.2. The van der Waals surface area contributed by atoms with Crippen LogP contribution in [0.5, 0.6) is 0 Å². The SMILES string of the molecule is CC1=C(C(=O)Nc2ccc([N+](=O)[O-])cc2)C(c2ccccc2F)NC(=O)N1. The minimum Gasteiger partial charge on any atom is -0.327 e. The number of carbonyl (C=O) groups excluding carboxylic acids is 2. The Labute approximate surface area is 153 Å². The third-order valence-corrected chi connectivity index (χ3v) is 4.07. The average molecular weight is 370 g/mol. The van der Waals surface area contributed by atoms with Crippen molar-refractivity contribution in [3.05, 3.63) is 81.3 Å². The number of hydrogen-bond acceptors (Lipinski definition) is 4. The molecule has 2 aromatic carbocycles. The molecule has 3 rings (SSSR count). The Kier molecular flexibility index (Phi) is 4.84. The number of nitrogens with zero attached hydrogens (tertiary/aromatic N) is 1. The van der Waals surface area contributed by atoms with Gasteiger partial charge in [-0.1, -0.05) is 18.2 Å². The molecule has 0 spiro atoms. The summed E-state index contributed by atoms with van der Waals surface area (Å²) in [6, 6.07) is 9.60. The molecule has 1 atom stereocenters. The zero-order valence-electron chi connectivity index (χ0n) is 14.2. The van der Waals surface area contributed by atoms with E-state index in [-0.39, 0.29) is 22.5 Å². The number of urea groups is 1. The van der Waals surface area contributed by atoms with E-state index >= 15 is 0 Å². The summed E-state index contributed by atoms with van der Waals surface area (Å²) in [5.74, 6) is -1.12. The number of amides is 3. The zero-order valence-corrected chi connectivity index (χ0v) is 14.2. The monoisotopic (exact) mass is 370 g/mol. The number of nitro benzene ring substituents is 1. The number of non-ortho nitro benzene ring substituents is 1. The number of carbonyl (C=O) groups is 2. The van der Waals surface area contributed by atoms with Gasteiger partial charge in [0.2, 0.25) is 0 Å². The van der Waals surface area contributed by atoms with Crippen LogP contribution in [-0.2, 0) is 4.79 Å². The van der Waals surface area contributed by atoms with Crippen LogP contribution in [0.3, 0.4) is 0 Å². The number of hydrogen-bond donors (Lipinski definition) is 3. The Morgan fingerprint density at radius 3 is 2.48 bits per heavy atom. The average Bonchev–Trinajstić information content (AvgIpc) is 2.61. The van der Waals surface area contributed by atoms with Gasteiger partial charge in [-0.2, -0.15) is 0 Å². The topological polar surface area (TPSA) is 113 Å². The summed E-state index contributed by atoms with van der Waals surface area (Å²) in [4.78, 5) is 34.8. The lowest BCUT2D eigenvalue weighted by atomic mass is 9.94. The van der Waals surface area contributed by atoms with Crippen molar-refractivity contribution in [2.24, 2.45) is 0 Å².